The third-order valence-electron chi connectivity index (χ3n) is 6.51. The second kappa shape index (κ2) is 26.4. The molecule has 0 radical (unpaired) electrons. The minimum atomic E-state index is 0.619. The largest absolute Gasteiger partial charge is 0.303 e. The van der Waals surface area contributed by atoms with Crippen molar-refractivity contribution in [1.82, 2.24) is 4.90 Å². The van der Waals surface area contributed by atoms with Gasteiger partial charge in [-0.25, -0.2) is 0 Å². The van der Waals surface area contributed by atoms with Crippen molar-refractivity contribution in [2.75, 3.05) is 14.1 Å². The van der Waals surface area contributed by atoms with Gasteiger partial charge in [0.05, 0.1) is 0 Å². The summed E-state index contributed by atoms with van der Waals surface area (Å²) in [5.74, 6) is 0. The Morgan fingerprint density at radius 1 is 0.531 bits per heavy atom. The van der Waals surface area contributed by atoms with Gasteiger partial charge >= 0.3 is 0 Å². The number of unbranched alkanes of at least 4 members (excludes halogenated alkanes) is 16. The summed E-state index contributed by atoms with van der Waals surface area (Å²) in [4.78, 5) is 2.39. The van der Waals surface area contributed by atoms with Crippen LogP contribution in [0.15, 0.2) is 36.5 Å². The molecule has 0 aliphatic carbocycles. The number of nitrogens with zero attached hydrogens (tertiary/aromatic N) is 1. The van der Waals surface area contributed by atoms with E-state index in [1.165, 1.54) is 128 Å². The van der Waals surface area contributed by atoms with Gasteiger partial charge in [-0.05, 0) is 78.8 Å². The average molecular weight is 446 g/mol. The highest BCUT2D eigenvalue weighted by atomic mass is 15.1. The SMILES string of the molecule is CC=CCCCCCCC(C=CCCCCCCC/C=C\CCCCCCCC)N(C)C. The molecule has 0 saturated heterocycles. The molecule has 1 heteroatoms. The van der Waals surface area contributed by atoms with Crippen molar-refractivity contribution in [2.45, 2.75) is 148 Å². The summed E-state index contributed by atoms with van der Waals surface area (Å²) in [6.45, 7) is 4.41. The maximum Gasteiger partial charge on any atom is 0.0272 e. The lowest BCUT2D eigenvalue weighted by molar-refractivity contribution is 0.319. The summed E-state index contributed by atoms with van der Waals surface area (Å²) in [7, 11) is 4.45. The van der Waals surface area contributed by atoms with Gasteiger partial charge in [-0.1, -0.05) is 114 Å². The minimum absolute atomic E-state index is 0.619. The van der Waals surface area contributed by atoms with Crippen LogP contribution in [0.2, 0.25) is 0 Å². The van der Waals surface area contributed by atoms with Gasteiger partial charge in [-0.15, -0.1) is 0 Å². The predicted molar refractivity (Wildman–Crippen MR) is 149 cm³/mol. The Labute approximate surface area is 203 Å². The molecule has 188 valence electrons. The molecule has 0 aliphatic heterocycles. The van der Waals surface area contributed by atoms with E-state index in [2.05, 4.69) is 69.3 Å². The molecule has 0 N–H and O–H groups in total. The number of likely N-dealkylation sites (N-methyl/N-ethyl adjacent to an activating group) is 1. The monoisotopic (exact) mass is 445 g/mol. The van der Waals surface area contributed by atoms with Gasteiger partial charge in [0, 0.05) is 6.04 Å². The fraction of sp³-hybridized carbons (Fsp3) is 0.806. The van der Waals surface area contributed by atoms with Crippen LogP contribution in [-0.4, -0.2) is 25.0 Å². The fourth-order valence-corrected chi connectivity index (χ4v) is 4.25. The standard InChI is InChI=1S/C31H59N/c1-5-7-9-11-13-14-15-16-17-18-19-20-21-22-24-26-28-30-31(32(3)4)29-27-25-23-12-10-8-6-2/h6,8,16-17,28,30-31H,5,7,9-15,18-27,29H2,1-4H3/b8-6?,17-16-,30-28?. The summed E-state index contributed by atoms with van der Waals surface area (Å²) in [6.07, 6.45) is 41.5. The quantitative estimate of drug-likeness (QED) is 0.105. The van der Waals surface area contributed by atoms with E-state index in [0.717, 1.165) is 0 Å². The highest BCUT2D eigenvalue weighted by Crippen LogP contribution is 2.13. The van der Waals surface area contributed by atoms with Gasteiger partial charge in [-0.3, -0.25) is 0 Å². The van der Waals surface area contributed by atoms with Crippen molar-refractivity contribution in [3.63, 3.8) is 0 Å². The number of allylic oxidation sites excluding steroid dienone is 5. The zero-order chi connectivity index (χ0) is 23.5. The van der Waals surface area contributed by atoms with Crippen LogP contribution in [0.25, 0.3) is 0 Å². The molecule has 0 aromatic rings. The van der Waals surface area contributed by atoms with Crippen LogP contribution in [0.4, 0.5) is 0 Å². The van der Waals surface area contributed by atoms with Gasteiger partial charge < -0.3 is 4.90 Å². The second-order valence-corrected chi connectivity index (χ2v) is 9.89. The molecule has 32 heavy (non-hydrogen) atoms. The molecule has 1 atom stereocenters. The van der Waals surface area contributed by atoms with E-state index in [1.807, 2.05) is 0 Å². The van der Waals surface area contributed by atoms with Crippen molar-refractivity contribution in [3.05, 3.63) is 36.5 Å². The maximum atomic E-state index is 2.47. The Morgan fingerprint density at radius 2 is 0.969 bits per heavy atom. The molecule has 0 rings (SSSR count). The smallest absolute Gasteiger partial charge is 0.0272 e. The van der Waals surface area contributed by atoms with E-state index in [0.29, 0.717) is 6.04 Å². The van der Waals surface area contributed by atoms with Gasteiger partial charge in [0.2, 0.25) is 0 Å². The molecule has 0 heterocycles. The highest BCUT2D eigenvalue weighted by Gasteiger charge is 2.06. The first-order valence-corrected chi connectivity index (χ1v) is 14.3. The number of hydrogen-bond donors (Lipinski definition) is 0. The van der Waals surface area contributed by atoms with E-state index < -0.39 is 0 Å². The van der Waals surface area contributed by atoms with E-state index in [1.54, 1.807) is 0 Å². The first kappa shape index (κ1) is 31.2. The summed E-state index contributed by atoms with van der Waals surface area (Å²) in [5, 5.41) is 0. The number of hydrogen-bond acceptors (Lipinski definition) is 1. The zero-order valence-electron chi connectivity index (χ0n) is 22.6. The molecule has 0 fully saturated rings. The highest BCUT2D eigenvalue weighted by molar-refractivity contribution is 4.93. The van der Waals surface area contributed by atoms with E-state index in [-0.39, 0.29) is 0 Å². The van der Waals surface area contributed by atoms with Crippen LogP contribution in [0.5, 0.6) is 0 Å². The topological polar surface area (TPSA) is 3.24 Å². The average Bonchev–Trinajstić information content (AvgIpc) is 2.78. The van der Waals surface area contributed by atoms with E-state index >= 15 is 0 Å². The van der Waals surface area contributed by atoms with Crippen molar-refractivity contribution >= 4 is 0 Å². The molecule has 0 bridgehead atoms. The van der Waals surface area contributed by atoms with Crippen molar-refractivity contribution in [3.8, 4) is 0 Å². The van der Waals surface area contributed by atoms with Crippen molar-refractivity contribution in [1.29, 1.82) is 0 Å². The second-order valence-electron chi connectivity index (χ2n) is 9.89. The van der Waals surface area contributed by atoms with E-state index in [9.17, 15) is 0 Å². The molecule has 0 aromatic heterocycles. The lowest BCUT2D eigenvalue weighted by Crippen LogP contribution is -2.25. The Balaban J connectivity index is 3.52. The van der Waals surface area contributed by atoms with Gasteiger partial charge in [0.15, 0.2) is 0 Å². The molecule has 0 aliphatic rings. The lowest BCUT2D eigenvalue weighted by Gasteiger charge is -2.21. The third-order valence-corrected chi connectivity index (χ3v) is 6.51. The maximum absolute atomic E-state index is 2.47. The van der Waals surface area contributed by atoms with Crippen LogP contribution in [0.1, 0.15) is 142 Å². The molecular weight excluding hydrogens is 386 g/mol. The van der Waals surface area contributed by atoms with Crippen LogP contribution >= 0.6 is 0 Å². The van der Waals surface area contributed by atoms with Crippen molar-refractivity contribution < 1.29 is 0 Å². The van der Waals surface area contributed by atoms with Gasteiger partial charge in [0.1, 0.15) is 0 Å². The normalized spacial score (nSPS) is 13.4. The lowest BCUT2D eigenvalue weighted by atomic mass is 10.0. The summed E-state index contributed by atoms with van der Waals surface area (Å²) < 4.78 is 0. The Bertz CT molecular complexity index is 432. The van der Waals surface area contributed by atoms with Crippen molar-refractivity contribution in [2.24, 2.45) is 0 Å². The third kappa shape index (κ3) is 23.8. The zero-order valence-corrected chi connectivity index (χ0v) is 22.6. The Hall–Kier alpha value is -0.820. The first-order chi connectivity index (χ1) is 15.7. The molecule has 1 unspecified atom stereocenters. The number of rotatable bonds is 24. The minimum Gasteiger partial charge on any atom is -0.303 e. The summed E-state index contributed by atoms with van der Waals surface area (Å²) in [6, 6.07) is 0.619. The molecule has 0 spiro atoms. The van der Waals surface area contributed by atoms with E-state index in [4.69, 9.17) is 0 Å². The summed E-state index contributed by atoms with van der Waals surface area (Å²) >= 11 is 0. The first-order valence-electron chi connectivity index (χ1n) is 14.3. The molecule has 0 aromatic carbocycles. The molecular formula is C31H59N. The van der Waals surface area contributed by atoms with Crippen LogP contribution < -0.4 is 0 Å². The predicted octanol–water partition coefficient (Wildman–Crippen LogP) is 10.4. The van der Waals surface area contributed by atoms with Crippen LogP contribution in [0.3, 0.4) is 0 Å². The van der Waals surface area contributed by atoms with Gasteiger partial charge in [-0.2, -0.15) is 0 Å². The molecule has 0 amide bonds. The van der Waals surface area contributed by atoms with Gasteiger partial charge in [0.25, 0.3) is 0 Å². The molecule has 1 nitrogen and oxygen atoms in total. The van der Waals surface area contributed by atoms with Crippen LogP contribution in [-0.2, 0) is 0 Å². The summed E-state index contributed by atoms with van der Waals surface area (Å²) in [5.41, 5.74) is 0. The fourth-order valence-electron chi connectivity index (χ4n) is 4.25. The Kier molecular flexibility index (Phi) is 25.8. The molecule has 0 saturated carbocycles. The Morgan fingerprint density at radius 3 is 1.47 bits per heavy atom. The van der Waals surface area contributed by atoms with Crippen LogP contribution in [0, 0.1) is 0 Å².